The summed E-state index contributed by atoms with van der Waals surface area (Å²) in [4.78, 5) is 5.01. The van der Waals surface area contributed by atoms with Crippen LogP contribution in [-0.2, 0) is 16.4 Å². The van der Waals surface area contributed by atoms with Crippen molar-refractivity contribution in [3.63, 3.8) is 0 Å². The van der Waals surface area contributed by atoms with Gasteiger partial charge in [-0.05, 0) is 18.6 Å². The lowest BCUT2D eigenvalue weighted by atomic mass is 10.2. The van der Waals surface area contributed by atoms with Crippen molar-refractivity contribution in [3.8, 4) is 0 Å². The van der Waals surface area contributed by atoms with Crippen LogP contribution < -0.4 is 4.72 Å². The second-order valence-corrected chi connectivity index (χ2v) is 8.58. The predicted octanol–water partition coefficient (Wildman–Crippen LogP) is 3.93. The minimum atomic E-state index is -3.86. The molecule has 0 saturated heterocycles. The van der Waals surface area contributed by atoms with E-state index >= 15 is 0 Å². The summed E-state index contributed by atoms with van der Waals surface area (Å²) < 4.78 is 29.8. The molecule has 0 saturated carbocycles. The summed E-state index contributed by atoms with van der Waals surface area (Å²) in [6.45, 7) is 5.88. The van der Waals surface area contributed by atoms with Crippen molar-refractivity contribution in [3.05, 3.63) is 40.0 Å². The van der Waals surface area contributed by atoms with Crippen molar-refractivity contribution in [2.75, 3.05) is 4.72 Å². The molecular weight excluding hydrogens is 368 g/mol. The van der Waals surface area contributed by atoms with Gasteiger partial charge >= 0.3 is 0 Å². The highest BCUT2D eigenvalue weighted by Crippen LogP contribution is 2.29. The summed E-state index contributed by atoms with van der Waals surface area (Å²) in [5.41, 5.74) is 0.819. The van der Waals surface area contributed by atoms with Gasteiger partial charge in [0.15, 0.2) is 0 Å². The molecule has 9 heteroatoms. The largest absolute Gasteiger partial charge is 0.281 e. The number of hydrogen-bond donors (Lipinski definition) is 1. The SMILES string of the molecule is CCc1nc2sc(C(C)C)nn2c1S(=O)(=O)Nc1ccccc1Cl. The molecule has 0 fully saturated rings. The first kappa shape index (κ1) is 17.2. The van der Waals surface area contributed by atoms with E-state index in [0.717, 1.165) is 5.01 Å². The quantitative estimate of drug-likeness (QED) is 0.723. The van der Waals surface area contributed by atoms with E-state index < -0.39 is 10.0 Å². The number of halogens is 1. The lowest BCUT2D eigenvalue weighted by Gasteiger charge is -2.09. The average molecular weight is 385 g/mol. The van der Waals surface area contributed by atoms with Gasteiger partial charge in [0, 0.05) is 5.92 Å². The maximum atomic E-state index is 12.9. The maximum absolute atomic E-state index is 12.9. The van der Waals surface area contributed by atoms with E-state index in [-0.39, 0.29) is 10.9 Å². The molecule has 24 heavy (non-hydrogen) atoms. The van der Waals surface area contributed by atoms with Crippen LogP contribution >= 0.6 is 22.9 Å². The number of aryl methyl sites for hydroxylation is 1. The number of rotatable bonds is 5. The van der Waals surface area contributed by atoms with Gasteiger partial charge in [-0.2, -0.15) is 18.0 Å². The Labute approximate surface area is 149 Å². The topological polar surface area (TPSA) is 76.4 Å². The molecule has 0 unspecified atom stereocenters. The Morgan fingerprint density at radius 3 is 2.67 bits per heavy atom. The first-order chi connectivity index (χ1) is 11.3. The molecular formula is C15H17ClN4O2S2. The predicted molar refractivity (Wildman–Crippen MR) is 96.6 cm³/mol. The van der Waals surface area contributed by atoms with Crippen LogP contribution in [0.5, 0.6) is 0 Å². The molecule has 0 aliphatic rings. The van der Waals surface area contributed by atoms with Crippen LogP contribution in [0.4, 0.5) is 5.69 Å². The molecule has 0 bridgehead atoms. The van der Waals surface area contributed by atoms with Gasteiger partial charge in [0.1, 0.15) is 5.01 Å². The van der Waals surface area contributed by atoms with Gasteiger partial charge in [0.2, 0.25) is 9.99 Å². The molecule has 3 aromatic rings. The molecule has 0 amide bonds. The van der Waals surface area contributed by atoms with E-state index in [2.05, 4.69) is 14.8 Å². The van der Waals surface area contributed by atoms with Gasteiger partial charge in [-0.3, -0.25) is 4.72 Å². The minimum Gasteiger partial charge on any atom is -0.277 e. The van der Waals surface area contributed by atoms with Crippen molar-refractivity contribution >= 4 is 43.6 Å². The molecule has 2 heterocycles. The van der Waals surface area contributed by atoms with Crippen molar-refractivity contribution in [2.24, 2.45) is 0 Å². The first-order valence-electron chi connectivity index (χ1n) is 7.49. The number of sulfonamides is 1. The van der Waals surface area contributed by atoms with Crippen LogP contribution in [0, 0.1) is 0 Å². The Kier molecular flexibility index (Phi) is 4.54. The van der Waals surface area contributed by atoms with Crippen molar-refractivity contribution in [1.82, 2.24) is 14.6 Å². The molecule has 1 N–H and O–H groups in total. The smallest absolute Gasteiger partial charge is 0.277 e. The van der Waals surface area contributed by atoms with Gasteiger partial charge in [-0.1, -0.05) is 55.8 Å². The van der Waals surface area contributed by atoms with E-state index in [1.807, 2.05) is 20.8 Å². The third kappa shape index (κ3) is 3.01. The summed E-state index contributed by atoms with van der Waals surface area (Å²) >= 11 is 7.47. The summed E-state index contributed by atoms with van der Waals surface area (Å²) in [5, 5.41) is 5.68. The Balaban J connectivity index is 2.14. The fourth-order valence-corrected chi connectivity index (χ4v) is 4.89. The Hall–Kier alpha value is -1.64. The Morgan fingerprint density at radius 2 is 2.04 bits per heavy atom. The Morgan fingerprint density at radius 1 is 1.33 bits per heavy atom. The summed E-state index contributed by atoms with van der Waals surface area (Å²) in [5.74, 6) is 0.203. The molecule has 0 aliphatic carbocycles. The third-order valence-corrected chi connectivity index (χ3v) is 6.39. The van der Waals surface area contributed by atoms with E-state index in [1.54, 1.807) is 24.3 Å². The first-order valence-corrected chi connectivity index (χ1v) is 10.2. The number of anilines is 1. The van der Waals surface area contributed by atoms with Gasteiger partial charge in [-0.15, -0.1) is 0 Å². The zero-order chi connectivity index (χ0) is 17.5. The third-order valence-electron chi connectivity index (χ3n) is 3.45. The average Bonchev–Trinajstić information content (AvgIpc) is 3.06. The number of para-hydroxylation sites is 1. The van der Waals surface area contributed by atoms with Crippen molar-refractivity contribution in [1.29, 1.82) is 0 Å². The number of aromatic nitrogens is 3. The molecule has 1 aromatic carbocycles. The van der Waals surface area contributed by atoms with Gasteiger partial charge in [0.05, 0.1) is 16.4 Å². The molecule has 0 spiro atoms. The lowest BCUT2D eigenvalue weighted by Crippen LogP contribution is -2.17. The highest BCUT2D eigenvalue weighted by Gasteiger charge is 2.28. The van der Waals surface area contributed by atoms with Crippen molar-refractivity contribution < 1.29 is 8.42 Å². The fraction of sp³-hybridized carbons (Fsp3) is 0.333. The van der Waals surface area contributed by atoms with Gasteiger partial charge in [-0.25, -0.2) is 4.98 Å². The number of nitrogens with zero attached hydrogens (tertiary/aromatic N) is 3. The number of nitrogens with one attached hydrogen (secondary N) is 1. The van der Waals surface area contributed by atoms with Gasteiger partial charge in [0.25, 0.3) is 10.0 Å². The van der Waals surface area contributed by atoms with E-state index in [0.29, 0.717) is 27.8 Å². The second kappa shape index (κ2) is 6.34. The molecule has 0 atom stereocenters. The summed E-state index contributed by atoms with van der Waals surface area (Å²) in [7, 11) is -3.86. The van der Waals surface area contributed by atoms with Gasteiger partial charge < -0.3 is 0 Å². The molecule has 3 rings (SSSR count). The molecule has 2 aromatic heterocycles. The van der Waals surface area contributed by atoms with Crippen molar-refractivity contribution in [2.45, 2.75) is 38.1 Å². The van der Waals surface area contributed by atoms with Crippen LogP contribution in [0.1, 0.15) is 37.4 Å². The minimum absolute atomic E-state index is 0.0723. The van der Waals surface area contributed by atoms with Crippen LogP contribution in [0.3, 0.4) is 0 Å². The zero-order valence-corrected chi connectivity index (χ0v) is 15.8. The fourth-order valence-electron chi connectivity index (χ4n) is 2.26. The number of fused-ring (bicyclic) bond motifs is 1. The number of benzene rings is 1. The summed E-state index contributed by atoms with van der Waals surface area (Å²) in [6.07, 6.45) is 0.492. The second-order valence-electron chi connectivity index (χ2n) is 5.59. The molecule has 128 valence electrons. The molecule has 0 radical (unpaired) electrons. The summed E-state index contributed by atoms with van der Waals surface area (Å²) in [6, 6.07) is 6.70. The Bertz CT molecular complexity index is 992. The highest BCUT2D eigenvalue weighted by atomic mass is 35.5. The van der Waals surface area contributed by atoms with Crippen LogP contribution in [0.15, 0.2) is 29.3 Å². The van der Waals surface area contributed by atoms with E-state index in [9.17, 15) is 8.42 Å². The standard InChI is InChI=1S/C15H17ClN4O2S2/c1-4-11-14(20-15(17-11)23-13(18-20)9(2)3)24(21,22)19-12-8-6-5-7-10(12)16/h5-9,19H,4H2,1-3H3. The maximum Gasteiger partial charge on any atom is 0.281 e. The highest BCUT2D eigenvalue weighted by molar-refractivity contribution is 7.92. The molecule has 6 nitrogen and oxygen atoms in total. The lowest BCUT2D eigenvalue weighted by molar-refractivity contribution is 0.591. The van der Waals surface area contributed by atoms with E-state index in [4.69, 9.17) is 11.6 Å². The number of imidazole rings is 1. The molecule has 0 aliphatic heterocycles. The number of hydrogen-bond acceptors (Lipinski definition) is 5. The zero-order valence-electron chi connectivity index (χ0n) is 13.4. The van der Waals surface area contributed by atoms with Crippen LogP contribution in [0.25, 0.3) is 4.96 Å². The normalized spacial score (nSPS) is 12.2. The van der Waals surface area contributed by atoms with E-state index in [1.165, 1.54) is 15.9 Å². The monoisotopic (exact) mass is 384 g/mol. The van der Waals surface area contributed by atoms with Crippen LogP contribution in [-0.4, -0.2) is 23.0 Å². The van der Waals surface area contributed by atoms with Crippen LogP contribution in [0.2, 0.25) is 5.02 Å².